The number of nitrogens with one attached hydrogen (secondary N) is 1. The van der Waals surface area contributed by atoms with Crippen LogP contribution in [0.25, 0.3) is 0 Å². The lowest BCUT2D eigenvalue weighted by atomic mass is 10.1. The van der Waals surface area contributed by atoms with Crippen molar-refractivity contribution in [2.24, 2.45) is 0 Å². The van der Waals surface area contributed by atoms with Gasteiger partial charge in [0, 0.05) is 25.2 Å². The van der Waals surface area contributed by atoms with Crippen molar-refractivity contribution in [3.05, 3.63) is 39.9 Å². The summed E-state index contributed by atoms with van der Waals surface area (Å²) in [7, 11) is 1.31. The number of carbonyl (C=O) groups excluding carboxylic acids is 1. The summed E-state index contributed by atoms with van der Waals surface area (Å²) >= 11 is 0. The zero-order valence-electron chi connectivity index (χ0n) is 10.5. The van der Waals surface area contributed by atoms with Crippen LogP contribution in [-0.2, 0) is 9.53 Å². The number of hydrogen-bond donors (Lipinski definition) is 2. The average Bonchev–Trinajstić information content (AvgIpc) is 2.43. The van der Waals surface area contributed by atoms with Gasteiger partial charge in [-0.05, 0) is 17.7 Å². The highest BCUT2D eigenvalue weighted by Gasteiger charge is 2.10. The number of benzene rings is 1. The van der Waals surface area contributed by atoms with Crippen molar-refractivity contribution in [3.8, 4) is 0 Å². The first-order chi connectivity index (χ1) is 9.04. The molecule has 0 amide bonds. The monoisotopic (exact) mass is 268 g/mol. The number of rotatable bonds is 7. The molecule has 7 nitrogen and oxygen atoms in total. The Balaban J connectivity index is 2.38. The van der Waals surface area contributed by atoms with E-state index in [9.17, 15) is 20.0 Å². The Hall–Kier alpha value is -1.99. The van der Waals surface area contributed by atoms with Crippen LogP contribution in [0, 0.1) is 10.1 Å². The Morgan fingerprint density at radius 2 is 2.11 bits per heavy atom. The molecule has 0 fully saturated rings. The summed E-state index contributed by atoms with van der Waals surface area (Å²) in [5.41, 5.74) is 0.561. The summed E-state index contributed by atoms with van der Waals surface area (Å²) in [6, 6.07) is 5.69. The maximum Gasteiger partial charge on any atom is 0.306 e. The van der Waals surface area contributed by atoms with Gasteiger partial charge in [0.1, 0.15) is 0 Å². The molecule has 1 atom stereocenters. The first-order valence-electron chi connectivity index (χ1n) is 5.74. The maximum atomic E-state index is 10.8. The van der Waals surface area contributed by atoms with E-state index in [0.717, 1.165) is 0 Å². The quantitative estimate of drug-likeness (QED) is 0.328. The molecule has 0 heterocycles. The largest absolute Gasteiger partial charge is 0.469 e. The first-order valence-corrected chi connectivity index (χ1v) is 5.74. The summed E-state index contributed by atoms with van der Waals surface area (Å²) in [4.78, 5) is 20.8. The van der Waals surface area contributed by atoms with Gasteiger partial charge in [0.05, 0.1) is 24.6 Å². The van der Waals surface area contributed by atoms with Crippen molar-refractivity contribution in [1.82, 2.24) is 5.32 Å². The molecule has 1 aromatic carbocycles. The van der Waals surface area contributed by atoms with Crippen LogP contribution in [0.15, 0.2) is 24.3 Å². The first kappa shape index (κ1) is 15.1. The van der Waals surface area contributed by atoms with Crippen LogP contribution in [0.1, 0.15) is 18.1 Å². The van der Waals surface area contributed by atoms with Crippen molar-refractivity contribution in [2.45, 2.75) is 12.5 Å². The second-order valence-electron chi connectivity index (χ2n) is 3.89. The number of non-ortho nitro benzene ring substituents is 1. The Kier molecular flexibility index (Phi) is 5.91. The molecule has 0 aliphatic rings. The number of nitro groups is 1. The third kappa shape index (κ3) is 5.02. The van der Waals surface area contributed by atoms with E-state index in [-0.39, 0.29) is 24.6 Å². The van der Waals surface area contributed by atoms with Crippen LogP contribution >= 0.6 is 0 Å². The summed E-state index contributed by atoms with van der Waals surface area (Å²) in [5.74, 6) is -0.322. The van der Waals surface area contributed by atoms with Gasteiger partial charge in [0.15, 0.2) is 0 Å². The van der Waals surface area contributed by atoms with E-state index in [4.69, 9.17) is 0 Å². The van der Waals surface area contributed by atoms with Crippen LogP contribution in [0.4, 0.5) is 5.69 Å². The van der Waals surface area contributed by atoms with Gasteiger partial charge in [0.2, 0.25) is 0 Å². The van der Waals surface area contributed by atoms with E-state index < -0.39 is 11.0 Å². The molecule has 1 rings (SSSR count). The minimum Gasteiger partial charge on any atom is -0.469 e. The van der Waals surface area contributed by atoms with Crippen molar-refractivity contribution in [3.63, 3.8) is 0 Å². The van der Waals surface area contributed by atoms with Crippen LogP contribution < -0.4 is 5.32 Å². The van der Waals surface area contributed by atoms with E-state index in [1.54, 1.807) is 0 Å². The number of ether oxygens (including phenoxy) is 1. The molecule has 0 spiro atoms. The molecule has 0 aliphatic heterocycles. The molecular weight excluding hydrogens is 252 g/mol. The maximum absolute atomic E-state index is 10.8. The van der Waals surface area contributed by atoms with Crippen molar-refractivity contribution in [2.75, 3.05) is 20.2 Å². The molecule has 1 aromatic rings. The molecule has 0 aliphatic carbocycles. The molecule has 0 bridgehead atoms. The van der Waals surface area contributed by atoms with Gasteiger partial charge in [-0.15, -0.1) is 0 Å². The van der Waals surface area contributed by atoms with Gasteiger partial charge in [-0.25, -0.2) is 0 Å². The van der Waals surface area contributed by atoms with Gasteiger partial charge >= 0.3 is 5.97 Å². The number of aliphatic hydroxyl groups is 1. The highest BCUT2D eigenvalue weighted by Crippen LogP contribution is 2.17. The Bertz CT molecular complexity index is 432. The molecule has 104 valence electrons. The molecule has 0 aromatic heterocycles. The second-order valence-corrected chi connectivity index (χ2v) is 3.89. The van der Waals surface area contributed by atoms with E-state index in [0.29, 0.717) is 12.1 Å². The van der Waals surface area contributed by atoms with Gasteiger partial charge < -0.3 is 15.2 Å². The molecule has 0 radical (unpaired) electrons. The molecule has 0 saturated carbocycles. The van der Waals surface area contributed by atoms with E-state index >= 15 is 0 Å². The third-order valence-electron chi connectivity index (χ3n) is 2.56. The number of nitro benzene ring substituents is 1. The number of hydrogen-bond acceptors (Lipinski definition) is 6. The lowest BCUT2D eigenvalue weighted by molar-refractivity contribution is -0.384. The Morgan fingerprint density at radius 1 is 1.47 bits per heavy atom. The highest BCUT2D eigenvalue weighted by atomic mass is 16.6. The van der Waals surface area contributed by atoms with E-state index in [2.05, 4.69) is 10.1 Å². The van der Waals surface area contributed by atoms with Gasteiger partial charge in [-0.2, -0.15) is 0 Å². The Labute approximate surface area is 110 Å². The minimum absolute atomic E-state index is 0.0189. The average molecular weight is 268 g/mol. The normalized spacial score (nSPS) is 11.9. The standard InChI is InChI=1S/C12H16N2O5/c1-19-12(16)6-7-13-8-11(15)9-2-4-10(5-3-9)14(17)18/h2-5,11,13,15H,6-8H2,1H3/t11-/m1/s1. The van der Waals surface area contributed by atoms with Gasteiger partial charge in [-0.1, -0.05) is 0 Å². The lowest BCUT2D eigenvalue weighted by Gasteiger charge is -2.11. The number of nitrogens with zero attached hydrogens (tertiary/aromatic N) is 1. The van der Waals surface area contributed by atoms with Crippen LogP contribution in [-0.4, -0.2) is 36.2 Å². The number of esters is 1. The van der Waals surface area contributed by atoms with E-state index in [1.165, 1.54) is 31.4 Å². The predicted octanol–water partition coefficient (Wildman–Crippen LogP) is 0.781. The highest BCUT2D eigenvalue weighted by molar-refractivity contribution is 5.69. The van der Waals surface area contributed by atoms with Crippen LogP contribution in [0.5, 0.6) is 0 Å². The number of carbonyl (C=O) groups is 1. The van der Waals surface area contributed by atoms with Gasteiger partial charge in [0.25, 0.3) is 5.69 Å². The Morgan fingerprint density at radius 3 is 2.63 bits per heavy atom. The van der Waals surface area contributed by atoms with Crippen molar-refractivity contribution < 1.29 is 19.6 Å². The second kappa shape index (κ2) is 7.45. The van der Waals surface area contributed by atoms with E-state index in [1.807, 2.05) is 0 Å². The molecule has 0 saturated heterocycles. The summed E-state index contributed by atoms with van der Waals surface area (Å²) in [5, 5.41) is 23.2. The predicted molar refractivity (Wildman–Crippen MR) is 67.6 cm³/mol. The fourth-order valence-corrected chi connectivity index (χ4v) is 1.47. The topological polar surface area (TPSA) is 102 Å². The van der Waals surface area contributed by atoms with Crippen molar-refractivity contribution in [1.29, 1.82) is 0 Å². The SMILES string of the molecule is COC(=O)CCNC[C@@H](O)c1ccc([N+](=O)[O-])cc1. The third-order valence-corrected chi connectivity index (χ3v) is 2.56. The van der Waals surface area contributed by atoms with Crippen molar-refractivity contribution >= 4 is 11.7 Å². The fraction of sp³-hybridized carbons (Fsp3) is 0.417. The lowest BCUT2D eigenvalue weighted by Crippen LogP contribution is -2.24. The molecular formula is C12H16N2O5. The molecule has 2 N–H and O–H groups in total. The van der Waals surface area contributed by atoms with Crippen LogP contribution in [0.3, 0.4) is 0 Å². The summed E-state index contributed by atoms with van der Waals surface area (Å²) in [6.45, 7) is 0.658. The zero-order chi connectivity index (χ0) is 14.3. The zero-order valence-corrected chi connectivity index (χ0v) is 10.5. The number of methoxy groups -OCH3 is 1. The summed E-state index contributed by atoms with van der Waals surface area (Å²) < 4.78 is 4.47. The smallest absolute Gasteiger partial charge is 0.306 e. The van der Waals surface area contributed by atoms with Gasteiger partial charge in [-0.3, -0.25) is 14.9 Å². The minimum atomic E-state index is -0.779. The fourth-order valence-electron chi connectivity index (χ4n) is 1.47. The molecule has 0 unspecified atom stereocenters. The summed E-state index contributed by atoms with van der Waals surface area (Å²) in [6.07, 6.45) is -0.554. The molecule has 19 heavy (non-hydrogen) atoms. The molecule has 7 heteroatoms. The number of aliphatic hydroxyl groups excluding tert-OH is 1. The van der Waals surface area contributed by atoms with Crippen LogP contribution in [0.2, 0.25) is 0 Å².